The van der Waals surface area contributed by atoms with Crippen LogP contribution in [0.2, 0.25) is 0 Å². The van der Waals surface area contributed by atoms with E-state index >= 15 is 0 Å². The van der Waals surface area contributed by atoms with Gasteiger partial charge >= 0.3 is 0 Å². The fourth-order valence-electron chi connectivity index (χ4n) is 1.62. The van der Waals surface area contributed by atoms with E-state index in [-0.39, 0.29) is 0 Å². The first-order chi connectivity index (χ1) is 7.81. The van der Waals surface area contributed by atoms with Crippen LogP contribution in [0.4, 0.5) is 5.69 Å². The van der Waals surface area contributed by atoms with Crippen molar-refractivity contribution < 1.29 is 0 Å². The minimum absolute atomic E-state index is 0.912. The molecule has 0 aliphatic carbocycles. The molecule has 0 spiro atoms. The molecule has 0 radical (unpaired) electrons. The van der Waals surface area contributed by atoms with E-state index in [0.29, 0.717) is 0 Å². The number of hydrogen-bond donors (Lipinski definition) is 1. The molecule has 0 aliphatic heterocycles. The number of rotatable bonds is 3. The maximum Gasteiger partial charge on any atom is 0.0740 e. The molecule has 3 nitrogen and oxygen atoms in total. The van der Waals surface area contributed by atoms with Gasteiger partial charge in [-0.15, -0.1) is 0 Å². The quantitative estimate of drug-likeness (QED) is 0.851. The molecule has 1 N–H and O–H groups in total. The van der Waals surface area contributed by atoms with Gasteiger partial charge < -0.3 is 5.32 Å². The molecule has 82 valence electrons. The number of anilines is 1. The first-order valence-electron chi connectivity index (χ1n) is 5.42. The molecule has 2 aromatic rings. The van der Waals surface area contributed by atoms with Crippen molar-refractivity contribution in [1.29, 1.82) is 0 Å². The van der Waals surface area contributed by atoms with Crippen molar-refractivity contribution >= 4 is 5.69 Å². The van der Waals surface area contributed by atoms with Crippen molar-refractivity contribution in [3.63, 3.8) is 0 Å². The van der Waals surface area contributed by atoms with E-state index in [2.05, 4.69) is 29.1 Å². The maximum absolute atomic E-state index is 4.37. The van der Waals surface area contributed by atoms with Crippen molar-refractivity contribution in [3.8, 4) is 11.3 Å². The van der Waals surface area contributed by atoms with Crippen LogP contribution in [0.15, 0.2) is 36.8 Å². The summed E-state index contributed by atoms with van der Waals surface area (Å²) >= 11 is 0. The zero-order chi connectivity index (χ0) is 11.4. The molecule has 0 saturated heterocycles. The van der Waals surface area contributed by atoms with Gasteiger partial charge in [0.2, 0.25) is 0 Å². The monoisotopic (exact) mass is 213 g/mol. The minimum atomic E-state index is 0.912. The van der Waals surface area contributed by atoms with Gasteiger partial charge in [0.05, 0.1) is 5.69 Å². The fraction of sp³-hybridized carbons (Fsp3) is 0.231. The van der Waals surface area contributed by atoms with Gasteiger partial charge in [0.1, 0.15) is 0 Å². The van der Waals surface area contributed by atoms with Crippen LogP contribution >= 0.6 is 0 Å². The van der Waals surface area contributed by atoms with E-state index in [1.165, 1.54) is 5.56 Å². The summed E-state index contributed by atoms with van der Waals surface area (Å²) in [7, 11) is 0. The molecule has 16 heavy (non-hydrogen) atoms. The molecule has 0 amide bonds. The third-order valence-corrected chi connectivity index (χ3v) is 2.46. The third-order valence-electron chi connectivity index (χ3n) is 2.46. The summed E-state index contributed by atoms with van der Waals surface area (Å²) in [5.41, 5.74) is 4.33. The Balaban J connectivity index is 2.40. The normalized spacial score (nSPS) is 10.1. The second-order valence-electron chi connectivity index (χ2n) is 3.65. The maximum atomic E-state index is 4.37. The number of aromatic nitrogens is 2. The van der Waals surface area contributed by atoms with Crippen LogP contribution in [0, 0.1) is 6.92 Å². The van der Waals surface area contributed by atoms with Gasteiger partial charge in [0.25, 0.3) is 0 Å². The number of nitrogens with zero attached hydrogens (tertiary/aromatic N) is 2. The second kappa shape index (κ2) is 4.75. The van der Waals surface area contributed by atoms with E-state index in [1.807, 2.05) is 30.6 Å². The lowest BCUT2D eigenvalue weighted by molar-refractivity contribution is 1.19. The van der Waals surface area contributed by atoms with Crippen LogP contribution in [0.25, 0.3) is 11.3 Å². The highest BCUT2D eigenvalue weighted by atomic mass is 14.9. The second-order valence-corrected chi connectivity index (χ2v) is 3.65. The summed E-state index contributed by atoms with van der Waals surface area (Å²) in [6, 6.07) is 6.02. The Morgan fingerprint density at radius 1 is 1.25 bits per heavy atom. The number of pyridine rings is 2. The Kier molecular flexibility index (Phi) is 3.15. The van der Waals surface area contributed by atoms with Gasteiger partial charge in [-0.2, -0.15) is 0 Å². The lowest BCUT2D eigenvalue weighted by Gasteiger charge is -2.07. The van der Waals surface area contributed by atoms with Gasteiger partial charge in [0.15, 0.2) is 0 Å². The highest BCUT2D eigenvalue weighted by Gasteiger charge is 2.03. The van der Waals surface area contributed by atoms with Gasteiger partial charge in [-0.25, -0.2) is 0 Å². The Labute approximate surface area is 95.6 Å². The molecule has 0 atom stereocenters. The number of nitrogens with one attached hydrogen (secondary N) is 1. The Bertz CT molecular complexity index is 480. The topological polar surface area (TPSA) is 37.8 Å². The van der Waals surface area contributed by atoms with Gasteiger partial charge in [-0.1, -0.05) is 0 Å². The van der Waals surface area contributed by atoms with Gasteiger partial charge in [-0.3, -0.25) is 9.97 Å². The molecular formula is C13H15N3. The molecule has 0 aromatic carbocycles. The SMILES string of the molecule is CCNc1ccnc(-c2cnccc2C)c1. The standard InChI is InChI=1S/C13H15N3/c1-3-15-11-5-7-16-13(8-11)12-9-14-6-4-10(12)2/h4-9H,3H2,1-2H3,(H,15,16). The fourth-order valence-corrected chi connectivity index (χ4v) is 1.62. The third kappa shape index (κ3) is 2.19. The largest absolute Gasteiger partial charge is 0.385 e. The van der Waals surface area contributed by atoms with E-state index in [1.54, 1.807) is 6.20 Å². The minimum Gasteiger partial charge on any atom is -0.385 e. The van der Waals surface area contributed by atoms with Crippen molar-refractivity contribution in [2.24, 2.45) is 0 Å². The Hall–Kier alpha value is -1.90. The van der Waals surface area contributed by atoms with Gasteiger partial charge in [-0.05, 0) is 37.6 Å². The van der Waals surface area contributed by atoms with E-state index in [4.69, 9.17) is 0 Å². The zero-order valence-electron chi connectivity index (χ0n) is 9.57. The van der Waals surface area contributed by atoms with E-state index in [9.17, 15) is 0 Å². The first kappa shape index (κ1) is 10.6. The number of hydrogen-bond acceptors (Lipinski definition) is 3. The lowest BCUT2D eigenvalue weighted by Crippen LogP contribution is -1.97. The predicted molar refractivity (Wildman–Crippen MR) is 66.4 cm³/mol. The average molecular weight is 213 g/mol. The molecule has 3 heteroatoms. The molecule has 0 fully saturated rings. The van der Waals surface area contributed by atoms with Crippen LogP contribution in [-0.4, -0.2) is 16.5 Å². The highest BCUT2D eigenvalue weighted by Crippen LogP contribution is 2.22. The Morgan fingerprint density at radius 2 is 2.12 bits per heavy atom. The van der Waals surface area contributed by atoms with Crippen LogP contribution < -0.4 is 5.32 Å². The summed E-state index contributed by atoms with van der Waals surface area (Å²) < 4.78 is 0. The average Bonchev–Trinajstić information content (AvgIpc) is 2.30. The summed E-state index contributed by atoms with van der Waals surface area (Å²) in [5, 5.41) is 3.28. The summed E-state index contributed by atoms with van der Waals surface area (Å²) in [5.74, 6) is 0. The van der Waals surface area contributed by atoms with Crippen LogP contribution in [0.1, 0.15) is 12.5 Å². The highest BCUT2D eigenvalue weighted by molar-refractivity contribution is 5.65. The van der Waals surface area contributed by atoms with Crippen molar-refractivity contribution in [3.05, 3.63) is 42.4 Å². The Morgan fingerprint density at radius 3 is 2.88 bits per heavy atom. The summed E-state index contributed by atoms with van der Waals surface area (Å²) in [4.78, 5) is 8.51. The van der Waals surface area contributed by atoms with Gasteiger partial charge in [0, 0.05) is 36.4 Å². The molecule has 2 rings (SSSR count). The molecule has 0 saturated carbocycles. The molecule has 2 heterocycles. The summed E-state index contributed by atoms with van der Waals surface area (Å²) in [6.45, 7) is 5.06. The first-order valence-corrected chi connectivity index (χ1v) is 5.42. The van der Waals surface area contributed by atoms with E-state index < -0.39 is 0 Å². The number of aryl methyl sites for hydroxylation is 1. The molecule has 0 bridgehead atoms. The predicted octanol–water partition coefficient (Wildman–Crippen LogP) is 2.88. The van der Waals surface area contributed by atoms with Crippen LogP contribution in [0.5, 0.6) is 0 Å². The molecule has 2 aromatic heterocycles. The smallest absolute Gasteiger partial charge is 0.0740 e. The van der Waals surface area contributed by atoms with Crippen molar-refractivity contribution in [1.82, 2.24) is 9.97 Å². The molecular weight excluding hydrogens is 198 g/mol. The zero-order valence-corrected chi connectivity index (χ0v) is 9.57. The summed E-state index contributed by atoms with van der Waals surface area (Å²) in [6.07, 6.45) is 5.47. The molecule has 0 unspecified atom stereocenters. The lowest BCUT2D eigenvalue weighted by atomic mass is 10.1. The van der Waals surface area contributed by atoms with Crippen molar-refractivity contribution in [2.75, 3.05) is 11.9 Å². The van der Waals surface area contributed by atoms with Crippen LogP contribution in [-0.2, 0) is 0 Å². The molecule has 0 aliphatic rings. The van der Waals surface area contributed by atoms with E-state index in [0.717, 1.165) is 23.5 Å². The van der Waals surface area contributed by atoms with Crippen LogP contribution in [0.3, 0.4) is 0 Å². The van der Waals surface area contributed by atoms with Crippen molar-refractivity contribution in [2.45, 2.75) is 13.8 Å².